The van der Waals surface area contributed by atoms with E-state index in [0.29, 0.717) is 12.0 Å². The zero-order chi connectivity index (χ0) is 14.1. The summed E-state index contributed by atoms with van der Waals surface area (Å²) in [6.07, 6.45) is 3.88. The normalized spacial score (nSPS) is 15.3. The van der Waals surface area contributed by atoms with E-state index in [1.165, 1.54) is 29.0 Å². The molecule has 1 atom stereocenters. The number of benzene rings is 1. The first-order valence-electron chi connectivity index (χ1n) is 6.69. The molecule has 0 bridgehead atoms. The topological polar surface area (TPSA) is 38.0 Å². The summed E-state index contributed by atoms with van der Waals surface area (Å²) in [5.74, 6) is 4.54. The highest BCUT2D eigenvalue weighted by Crippen LogP contribution is 2.34. The Morgan fingerprint density at radius 1 is 1.25 bits per heavy atom. The van der Waals surface area contributed by atoms with Crippen molar-refractivity contribution in [3.05, 3.63) is 56.8 Å². The summed E-state index contributed by atoms with van der Waals surface area (Å²) in [6, 6.07) is 5.71. The number of halogens is 2. The molecule has 1 aromatic carbocycles. The summed E-state index contributed by atoms with van der Waals surface area (Å²) >= 11 is 1.74. The Kier molecular flexibility index (Phi) is 3.83. The van der Waals surface area contributed by atoms with E-state index in [1.54, 1.807) is 11.3 Å². The molecule has 0 amide bonds. The zero-order valence-corrected chi connectivity index (χ0v) is 11.8. The molecule has 5 heteroatoms. The van der Waals surface area contributed by atoms with Crippen LogP contribution in [0.5, 0.6) is 0 Å². The third-order valence-corrected chi connectivity index (χ3v) is 5.10. The van der Waals surface area contributed by atoms with Crippen LogP contribution < -0.4 is 11.3 Å². The number of hydrogen-bond donors (Lipinski definition) is 2. The van der Waals surface area contributed by atoms with E-state index < -0.39 is 11.6 Å². The molecule has 3 N–H and O–H groups in total. The molecular formula is C15H16F2N2S. The van der Waals surface area contributed by atoms with Gasteiger partial charge < -0.3 is 0 Å². The summed E-state index contributed by atoms with van der Waals surface area (Å²) in [4.78, 5) is 2.54. The lowest BCUT2D eigenvalue weighted by atomic mass is 10.0. The number of hydrogen-bond acceptors (Lipinski definition) is 3. The lowest BCUT2D eigenvalue weighted by Gasteiger charge is -2.15. The van der Waals surface area contributed by atoms with Crippen LogP contribution in [-0.2, 0) is 19.3 Å². The quantitative estimate of drug-likeness (QED) is 0.671. The van der Waals surface area contributed by atoms with Crippen molar-refractivity contribution in [3.8, 4) is 0 Å². The van der Waals surface area contributed by atoms with Crippen LogP contribution in [0.15, 0.2) is 24.3 Å². The average Bonchev–Trinajstić information content (AvgIpc) is 2.98. The van der Waals surface area contributed by atoms with Gasteiger partial charge in [-0.1, -0.05) is 6.07 Å². The number of nitrogens with two attached hydrogens (primary N) is 1. The lowest BCUT2D eigenvalue weighted by molar-refractivity contribution is 0.527. The average molecular weight is 294 g/mol. The van der Waals surface area contributed by atoms with Crippen molar-refractivity contribution in [2.24, 2.45) is 5.84 Å². The molecule has 0 saturated heterocycles. The van der Waals surface area contributed by atoms with E-state index >= 15 is 0 Å². The van der Waals surface area contributed by atoms with Crippen LogP contribution in [0, 0.1) is 11.6 Å². The van der Waals surface area contributed by atoms with Gasteiger partial charge in [-0.25, -0.2) is 8.78 Å². The largest absolute Gasteiger partial charge is 0.271 e. The lowest BCUT2D eigenvalue weighted by Crippen LogP contribution is -2.29. The Balaban J connectivity index is 1.82. The van der Waals surface area contributed by atoms with Gasteiger partial charge in [-0.3, -0.25) is 11.3 Å². The minimum atomic E-state index is -0.557. The number of nitrogens with one attached hydrogen (secondary N) is 1. The fourth-order valence-electron chi connectivity index (χ4n) is 2.67. The summed E-state index contributed by atoms with van der Waals surface area (Å²) < 4.78 is 26.6. The molecule has 1 aliphatic carbocycles. The maximum Gasteiger partial charge on any atom is 0.129 e. The van der Waals surface area contributed by atoms with E-state index in [-0.39, 0.29) is 6.04 Å². The van der Waals surface area contributed by atoms with Crippen molar-refractivity contribution < 1.29 is 8.78 Å². The molecule has 2 nitrogen and oxygen atoms in total. The fourth-order valence-corrected chi connectivity index (χ4v) is 3.99. The van der Waals surface area contributed by atoms with Crippen molar-refractivity contribution in [2.45, 2.75) is 31.7 Å². The van der Waals surface area contributed by atoms with E-state index in [0.717, 1.165) is 23.8 Å². The van der Waals surface area contributed by atoms with Gasteiger partial charge in [0.05, 0.1) is 6.04 Å². The third-order valence-electron chi connectivity index (χ3n) is 3.75. The molecule has 0 saturated carbocycles. The molecule has 0 fully saturated rings. The number of aryl methyl sites for hydroxylation is 2. The number of thiophene rings is 1. The second-order valence-corrected chi connectivity index (χ2v) is 6.28. The molecule has 1 aromatic heterocycles. The smallest absolute Gasteiger partial charge is 0.129 e. The van der Waals surface area contributed by atoms with Crippen molar-refractivity contribution in [2.75, 3.05) is 0 Å². The van der Waals surface area contributed by atoms with Crippen molar-refractivity contribution in [1.29, 1.82) is 0 Å². The van der Waals surface area contributed by atoms with Gasteiger partial charge in [0.2, 0.25) is 0 Å². The highest BCUT2D eigenvalue weighted by molar-refractivity contribution is 7.12. The number of hydrazine groups is 1. The van der Waals surface area contributed by atoms with Crippen LogP contribution in [0.1, 0.15) is 33.3 Å². The predicted octanol–water partition coefficient (Wildman–Crippen LogP) is 3.26. The molecule has 0 aliphatic heterocycles. The van der Waals surface area contributed by atoms with Crippen LogP contribution in [0.2, 0.25) is 0 Å². The van der Waals surface area contributed by atoms with Gasteiger partial charge in [0.25, 0.3) is 0 Å². The van der Waals surface area contributed by atoms with Crippen LogP contribution in [-0.4, -0.2) is 0 Å². The minimum absolute atomic E-state index is 0.134. The fraction of sp³-hybridized carbons (Fsp3) is 0.333. The third kappa shape index (κ3) is 2.61. The van der Waals surface area contributed by atoms with Gasteiger partial charge >= 0.3 is 0 Å². The van der Waals surface area contributed by atoms with E-state index in [2.05, 4.69) is 11.5 Å². The SMILES string of the molecule is NNC(Cc1ccc(F)cc1F)c1cc2c(s1)CCC2. The number of fused-ring (bicyclic) bond motifs is 1. The number of rotatable bonds is 4. The highest BCUT2D eigenvalue weighted by Gasteiger charge is 2.20. The van der Waals surface area contributed by atoms with E-state index in [1.807, 2.05) is 0 Å². The van der Waals surface area contributed by atoms with Crippen LogP contribution >= 0.6 is 11.3 Å². The molecule has 0 spiro atoms. The maximum atomic E-state index is 13.7. The summed E-state index contributed by atoms with van der Waals surface area (Å²) in [6.45, 7) is 0. The molecule has 20 heavy (non-hydrogen) atoms. The molecule has 2 aromatic rings. The molecule has 1 heterocycles. The first kappa shape index (κ1) is 13.7. The second kappa shape index (κ2) is 5.60. The zero-order valence-electron chi connectivity index (χ0n) is 11.0. The summed E-state index contributed by atoms with van der Waals surface area (Å²) in [5.41, 5.74) is 4.62. The second-order valence-electron chi connectivity index (χ2n) is 5.11. The monoisotopic (exact) mass is 294 g/mol. The van der Waals surface area contributed by atoms with Crippen LogP contribution in [0.3, 0.4) is 0 Å². The first-order chi connectivity index (χ1) is 9.67. The summed E-state index contributed by atoms with van der Waals surface area (Å²) in [7, 11) is 0. The van der Waals surface area contributed by atoms with Gasteiger partial charge in [-0.2, -0.15) is 0 Å². The van der Waals surface area contributed by atoms with Gasteiger partial charge in [0, 0.05) is 15.8 Å². The van der Waals surface area contributed by atoms with Crippen LogP contribution in [0.25, 0.3) is 0 Å². The Labute approximate surface area is 120 Å². The Bertz CT molecular complexity index is 603. The van der Waals surface area contributed by atoms with Gasteiger partial charge in [0.1, 0.15) is 11.6 Å². The highest BCUT2D eigenvalue weighted by atomic mass is 32.1. The predicted molar refractivity (Wildman–Crippen MR) is 76.5 cm³/mol. The van der Waals surface area contributed by atoms with Gasteiger partial charge in [-0.05, 0) is 48.9 Å². The maximum absolute atomic E-state index is 13.7. The van der Waals surface area contributed by atoms with Gasteiger partial charge in [0.15, 0.2) is 0 Å². The van der Waals surface area contributed by atoms with Crippen molar-refractivity contribution >= 4 is 11.3 Å². The molecule has 1 unspecified atom stereocenters. The standard InChI is InChI=1S/C15H16F2N2S/c16-11-5-4-9(12(17)8-11)6-13(19-18)15-7-10-2-1-3-14(10)20-15/h4-5,7-8,13,19H,1-3,6,18H2. The first-order valence-corrected chi connectivity index (χ1v) is 7.50. The van der Waals surface area contributed by atoms with Crippen LogP contribution in [0.4, 0.5) is 8.78 Å². The summed E-state index contributed by atoms with van der Waals surface area (Å²) in [5, 5.41) is 0. The molecule has 106 valence electrons. The molecule has 1 aliphatic rings. The van der Waals surface area contributed by atoms with E-state index in [9.17, 15) is 8.78 Å². The Morgan fingerprint density at radius 2 is 2.10 bits per heavy atom. The Hall–Kier alpha value is -1.30. The van der Waals surface area contributed by atoms with Crippen molar-refractivity contribution in [1.82, 2.24) is 5.43 Å². The molecule has 3 rings (SSSR count). The Morgan fingerprint density at radius 3 is 2.80 bits per heavy atom. The van der Waals surface area contributed by atoms with E-state index in [4.69, 9.17) is 5.84 Å². The minimum Gasteiger partial charge on any atom is -0.271 e. The van der Waals surface area contributed by atoms with Gasteiger partial charge in [-0.15, -0.1) is 11.3 Å². The molecule has 0 radical (unpaired) electrons. The molecular weight excluding hydrogens is 278 g/mol. The van der Waals surface area contributed by atoms with Crippen molar-refractivity contribution in [3.63, 3.8) is 0 Å².